The van der Waals surface area contributed by atoms with E-state index < -0.39 is 0 Å². The molecule has 0 spiro atoms. The molecule has 0 aliphatic heterocycles. The first kappa shape index (κ1) is 16.6. The molecule has 25 heavy (non-hydrogen) atoms. The molecule has 0 aliphatic rings. The molecule has 0 aliphatic carbocycles. The van der Waals surface area contributed by atoms with Crippen molar-refractivity contribution < 1.29 is 9.53 Å². The Morgan fingerprint density at radius 2 is 2.12 bits per heavy atom. The quantitative estimate of drug-likeness (QED) is 0.747. The third kappa shape index (κ3) is 4.20. The fourth-order valence-corrected chi connectivity index (χ4v) is 2.26. The van der Waals surface area contributed by atoms with Crippen LogP contribution in [0.15, 0.2) is 55.4 Å². The molecule has 0 aromatic carbocycles. The number of imidazole rings is 1. The van der Waals surface area contributed by atoms with Crippen molar-refractivity contribution in [2.45, 2.75) is 26.5 Å². The Balaban J connectivity index is 1.70. The summed E-state index contributed by atoms with van der Waals surface area (Å²) in [5.74, 6) is 0.977. The van der Waals surface area contributed by atoms with Crippen LogP contribution in [0.1, 0.15) is 29.8 Å². The molecule has 3 heterocycles. The van der Waals surface area contributed by atoms with Crippen LogP contribution in [0.4, 0.5) is 0 Å². The van der Waals surface area contributed by atoms with E-state index in [0.29, 0.717) is 23.8 Å². The van der Waals surface area contributed by atoms with Gasteiger partial charge in [-0.1, -0.05) is 6.07 Å². The second kappa shape index (κ2) is 7.57. The smallest absolute Gasteiger partial charge is 0.251 e. The van der Waals surface area contributed by atoms with Gasteiger partial charge in [-0.25, -0.2) is 15.0 Å². The molecule has 128 valence electrons. The topological polar surface area (TPSA) is 81.9 Å². The summed E-state index contributed by atoms with van der Waals surface area (Å²) < 4.78 is 7.41. The number of hydrogen-bond acceptors (Lipinski definition) is 5. The van der Waals surface area contributed by atoms with E-state index in [9.17, 15) is 4.79 Å². The standard InChI is InChI=1S/C18H19N5O2/c1-13(2)25-18-15(4-3-6-21-18)11-22-17(24)14-5-7-20-16(10-14)23-9-8-19-12-23/h3-10,12-13H,11H2,1-2H3,(H,22,24). The van der Waals surface area contributed by atoms with Crippen LogP contribution >= 0.6 is 0 Å². The maximum Gasteiger partial charge on any atom is 0.251 e. The van der Waals surface area contributed by atoms with Crippen LogP contribution in [0.5, 0.6) is 5.88 Å². The SMILES string of the molecule is CC(C)Oc1ncccc1CNC(=O)c1ccnc(-n2ccnc2)c1. The van der Waals surface area contributed by atoms with Gasteiger partial charge in [-0.2, -0.15) is 0 Å². The summed E-state index contributed by atoms with van der Waals surface area (Å²) in [6.07, 6.45) is 8.35. The van der Waals surface area contributed by atoms with E-state index in [4.69, 9.17) is 4.74 Å². The molecule has 0 bridgehead atoms. The van der Waals surface area contributed by atoms with Gasteiger partial charge >= 0.3 is 0 Å². The molecule has 0 atom stereocenters. The first-order valence-electron chi connectivity index (χ1n) is 7.96. The highest BCUT2D eigenvalue weighted by Gasteiger charge is 2.11. The summed E-state index contributed by atoms with van der Waals surface area (Å²) in [5, 5.41) is 2.89. The third-order valence-corrected chi connectivity index (χ3v) is 3.41. The second-order valence-electron chi connectivity index (χ2n) is 5.69. The Morgan fingerprint density at radius 3 is 2.88 bits per heavy atom. The lowest BCUT2D eigenvalue weighted by atomic mass is 10.2. The van der Waals surface area contributed by atoms with Gasteiger partial charge in [0.2, 0.25) is 5.88 Å². The van der Waals surface area contributed by atoms with Crippen LogP contribution in [-0.4, -0.2) is 31.5 Å². The lowest BCUT2D eigenvalue weighted by Gasteiger charge is -2.13. The minimum atomic E-state index is -0.192. The van der Waals surface area contributed by atoms with E-state index in [1.54, 1.807) is 47.8 Å². The van der Waals surface area contributed by atoms with E-state index >= 15 is 0 Å². The maximum absolute atomic E-state index is 12.4. The monoisotopic (exact) mass is 337 g/mol. The zero-order chi connectivity index (χ0) is 17.6. The number of ether oxygens (including phenoxy) is 1. The zero-order valence-corrected chi connectivity index (χ0v) is 14.1. The minimum Gasteiger partial charge on any atom is -0.475 e. The number of pyridine rings is 2. The molecular weight excluding hydrogens is 318 g/mol. The van der Waals surface area contributed by atoms with Gasteiger partial charge in [-0.3, -0.25) is 9.36 Å². The fraction of sp³-hybridized carbons (Fsp3) is 0.222. The second-order valence-corrected chi connectivity index (χ2v) is 5.69. The first-order valence-corrected chi connectivity index (χ1v) is 7.96. The van der Waals surface area contributed by atoms with E-state index in [1.165, 1.54) is 0 Å². The maximum atomic E-state index is 12.4. The highest BCUT2D eigenvalue weighted by atomic mass is 16.5. The van der Waals surface area contributed by atoms with Crippen molar-refractivity contribution in [1.82, 2.24) is 24.8 Å². The zero-order valence-electron chi connectivity index (χ0n) is 14.1. The molecule has 1 N–H and O–H groups in total. The highest BCUT2D eigenvalue weighted by Crippen LogP contribution is 2.16. The summed E-state index contributed by atoms with van der Waals surface area (Å²) in [4.78, 5) is 24.9. The molecule has 3 aromatic rings. The molecule has 3 rings (SSSR count). The van der Waals surface area contributed by atoms with Crippen LogP contribution in [0.2, 0.25) is 0 Å². The number of carbonyl (C=O) groups is 1. The third-order valence-electron chi connectivity index (χ3n) is 3.41. The van der Waals surface area contributed by atoms with Crippen LogP contribution in [-0.2, 0) is 6.54 Å². The summed E-state index contributed by atoms with van der Waals surface area (Å²) >= 11 is 0. The molecule has 3 aromatic heterocycles. The summed E-state index contributed by atoms with van der Waals surface area (Å²) in [5.41, 5.74) is 1.35. The Morgan fingerprint density at radius 1 is 1.24 bits per heavy atom. The Hall–Kier alpha value is -3.22. The van der Waals surface area contributed by atoms with Crippen LogP contribution in [0, 0.1) is 0 Å². The normalized spacial score (nSPS) is 10.7. The highest BCUT2D eigenvalue weighted by molar-refractivity contribution is 5.94. The number of nitrogens with zero attached hydrogens (tertiary/aromatic N) is 4. The Labute approximate surface area is 145 Å². The van der Waals surface area contributed by atoms with E-state index in [2.05, 4.69) is 20.3 Å². The predicted octanol–water partition coefficient (Wildman–Crippen LogP) is 2.38. The molecule has 0 radical (unpaired) electrons. The van der Waals surface area contributed by atoms with Crippen LogP contribution in [0.25, 0.3) is 5.82 Å². The first-order chi connectivity index (χ1) is 12.1. The number of rotatable bonds is 6. The molecule has 0 saturated carbocycles. The van der Waals surface area contributed by atoms with Crippen LogP contribution in [0.3, 0.4) is 0 Å². The number of aromatic nitrogens is 4. The number of hydrogen-bond donors (Lipinski definition) is 1. The molecule has 7 heteroatoms. The van der Waals surface area contributed by atoms with Gasteiger partial charge in [0.1, 0.15) is 12.1 Å². The Kier molecular flexibility index (Phi) is 5.03. The van der Waals surface area contributed by atoms with Gasteiger partial charge in [0.05, 0.1) is 6.10 Å². The number of nitrogens with one attached hydrogen (secondary N) is 1. The summed E-state index contributed by atoms with van der Waals surface area (Å²) in [7, 11) is 0. The molecule has 1 amide bonds. The molecular formula is C18H19N5O2. The number of carbonyl (C=O) groups excluding carboxylic acids is 1. The van der Waals surface area contributed by atoms with Crippen LogP contribution < -0.4 is 10.1 Å². The summed E-state index contributed by atoms with van der Waals surface area (Å²) in [6.45, 7) is 4.20. The van der Waals surface area contributed by atoms with Gasteiger partial charge < -0.3 is 10.1 Å². The van der Waals surface area contributed by atoms with Crippen molar-refractivity contribution >= 4 is 5.91 Å². The molecule has 7 nitrogen and oxygen atoms in total. The van der Waals surface area contributed by atoms with E-state index in [1.807, 2.05) is 26.0 Å². The molecule has 0 fully saturated rings. The van der Waals surface area contributed by atoms with Crippen molar-refractivity contribution in [1.29, 1.82) is 0 Å². The molecule has 0 unspecified atom stereocenters. The largest absolute Gasteiger partial charge is 0.475 e. The van der Waals surface area contributed by atoms with Crippen molar-refractivity contribution in [3.63, 3.8) is 0 Å². The average Bonchev–Trinajstić information content (AvgIpc) is 3.15. The van der Waals surface area contributed by atoms with E-state index in [0.717, 1.165) is 5.56 Å². The number of amides is 1. The lowest BCUT2D eigenvalue weighted by Crippen LogP contribution is -2.24. The predicted molar refractivity (Wildman–Crippen MR) is 92.5 cm³/mol. The van der Waals surface area contributed by atoms with Gasteiger partial charge in [0.15, 0.2) is 0 Å². The average molecular weight is 337 g/mol. The Bertz CT molecular complexity index is 846. The fourth-order valence-electron chi connectivity index (χ4n) is 2.26. The summed E-state index contributed by atoms with van der Waals surface area (Å²) in [6, 6.07) is 7.09. The van der Waals surface area contributed by atoms with Gasteiger partial charge in [0.25, 0.3) is 5.91 Å². The van der Waals surface area contributed by atoms with Gasteiger partial charge in [-0.05, 0) is 32.0 Å². The van der Waals surface area contributed by atoms with Crippen molar-refractivity contribution in [3.05, 3.63) is 66.5 Å². The van der Waals surface area contributed by atoms with Gasteiger partial charge in [0, 0.05) is 42.5 Å². The van der Waals surface area contributed by atoms with Gasteiger partial charge in [-0.15, -0.1) is 0 Å². The lowest BCUT2D eigenvalue weighted by molar-refractivity contribution is 0.0950. The van der Waals surface area contributed by atoms with Crippen molar-refractivity contribution in [3.8, 4) is 11.7 Å². The van der Waals surface area contributed by atoms with Crippen molar-refractivity contribution in [2.24, 2.45) is 0 Å². The minimum absolute atomic E-state index is 0.0160. The van der Waals surface area contributed by atoms with Crippen molar-refractivity contribution in [2.75, 3.05) is 0 Å². The van der Waals surface area contributed by atoms with E-state index in [-0.39, 0.29) is 12.0 Å². The molecule has 0 saturated heterocycles.